The molecule has 0 bridgehead atoms. The first-order valence-corrected chi connectivity index (χ1v) is 5.86. The number of rotatable bonds is 8. The molecule has 0 saturated carbocycles. The van der Waals surface area contributed by atoms with Crippen LogP contribution in [0.3, 0.4) is 0 Å². The third kappa shape index (κ3) is 4.24. The molecule has 98 valence electrons. The van der Waals surface area contributed by atoms with E-state index in [0.29, 0.717) is 37.3 Å². The number of phenols is 2. The van der Waals surface area contributed by atoms with Crippen molar-refractivity contribution >= 4 is 0 Å². The number of hydrogen-bond acceptors (Lipinski definition) is 4. The summed E-state index contributed by atoms with van der Waals surface area (Å²) in [7, 11) is 0. The van der Waals surface area contributed by atoms with Crippen LogP contribution >= 0.6 is 0 Å². The summed E-state index contributed by atoms with van der Waals surface area (Å²) in [5.74, 6) is 0.361. The highest BCUT2D eigenvalue weighted by molar-refractivity contribution is 5.45. The molecule has 0 heterocycles. The Balaban J connectivity index is 2.70. The Kier molecular flexibility index (Phi) is 5.97. The molecule has 4 nitrogen and oxygen atoms in total. The van der Waals surface area contributed by atoms with Crippen LogP contribution in [0.25, 0.3) is 0 Å². The van der Waals surface area contributed by atoms with Gasteiger partial charge >= 0.3 is 0 Å². The van der Waals surface area contributed by atoms with E-state index in [2.05, 4.69) is 23.8 Å². The molecule has 1 aromatic carbocycles. The van der Waals surface area contributed by atoms with Gasteiger partial charge in [0.1, 0.15) is 11.5 Å². The first-order valence-electron chi connectivity index (χ1n) is 5.86. The van der Waals surface area contributed by atoms with Gasteiger partial charge in [0.2, 0.25) is 0 Å². The molecule has 1 aromatic rings. The minimum absolute atomic E-state index is 0.180. The summed E-state index contributed by atoms with van der Waals surface area (Å²) in [6.07, 6.45) is 3.48. The van der Waals surface area contributed by atoms with Crippen LogP contribution in [0.15, 0.2) is 37.4 Å². The largest absolute Gasteiger partial charge is 0.508 e. The van der Waals surface area contributed by atoms with Gasteiger partial charge in [-0.1, -0.05) is 12.2 Å². The Bertz CT molecular complexity index is 377. The van der Waals surface area contributed by atoms with Gasteiger partial charge in [-0.25, -0.2) is 0 Å². The van der Waals surface area contributed by atoms with Crippen molar-refractivity contribution in [2.75, 3.05) is 13.1 Å². The predicted octanol–water partition coefficient (Wildman–Crippen LogP) is 1.65. The van der Waals surface area contributed by atoms with E-state index in [-0.39, 0.29) is 11.5 Å². The second kappa shape index (κ2) is 7.53. The third-order valence-electron chi connectivity index (χ3n) is 2.49. The van der Waals surface area contributed by atoms with Crippen LogP contribution in [0, 0.1) is 0 Å². The first kappa shape index (κ1) is 14.3. The molecule has 18 heavy (non-hydrogen) atoms. The van der Waals surface area contributed by atoms with Crippen LogP contribution in [0.2, 0.25) is 0 Å². The average molecular weight is 248 g/mol. The zero-order chi connectivity index (χ0) is 13.4. The molecule has 0 fully saturated rings. The molecule has 0 aromatic heterocycles. The van der Waals surface area contributed by atoms with Crippen LogP contribution in [0.1, 0.15) is 11.1 Å². The Morgan fingerprint density at radius 3 is 1.61 bits per heavy atom. The lowest BCUT2D eigenvalue weighted by Crippen LogP contribution is -2.14. The highest BCUT2D eigenvalue weighted by Crippen LogP contribution is 2.27. The van der Waals surface area contributed by atoms with Gasteiger partial charge in [0, 0.05) is 37.3 Å². The van der Waals surface area contributed by atoms with Crippen molar-refractivity contribution in [1.82, 2.24) is 10.6 Å². The lowest BCUT2D eigenvalue weighted by atomic mass is 10.1. The minimum Gasteiger partial charge on any atom is -0.508 e. The topological polar surface area (TPSA) is 64.5 Å². The molecule has 0 saturated heterocycles. The number of nitrogens with one attached hydrogen (secondary N) is 2. The maximum Gasteiger partial charge on any atom is 0.120 e. The van der Waals surface area contributed by atoms with Crippen LogP contribution in [0.5, 0.6) is 11.5 Å². The fourth-order valence-corrected chi connectivity index (χ4v) is 1.56. The van der Waals surface area contributed by atoms with E-state index in [1.807, 2.05) is 0 Å². The highest BCUT2D eigenvalue weighted by atomic mass is 16.3. The molecule has 0 atom stereocenters. The predicted molar refractivity (Wildman–Crippen MR) is 73.6 cm³/mol. The normalized spacial score (nSPS) is 10.2. The van der Waals surface area contributed by atoms with Crippen molar-refractivity contribution < 1.29 is 10.2 Å². The Labute approximate surface area is 108 Å². The van der Waals surface area contributed by atoms with E-state index in [4.69, 9.17) is 0 Å². The second-order valence-corrected chi connectivity index (χ2v) is 3.95. The molecule has 1 rings (SSSR count). The number of aromatic hydroxyl groups is 2. The number of phenolic OH excluding ortho intramolecular Hbond substituents is 2. The van der Waals surface area contributed by atoms with Crippen molar-refractivity contribution in [1.29, 1.82) is 0 Å². The van der Waals surface area contributed by atoms with Crippen molar-refractivity contribution in [3.8, 4) is 11.5 Å². The summed E-state index contributed by atoms with van der Waals surface area (Å²) in [6.45, 7) is 9.49. The van der Waals surface area contributed by atoms with E-state index in [1.165, 1.54) is 0 Å². The lowest BCUT2D eigenvalue weighted by Gasteiger charge is -2.10. The monoisotopic (exact) mass is 248 g/mol. The maximum absolute atomic E-state index is 9.85. The minimum atomic E-state index is 0.180. The lowest BCUT2D eigenvalue weighted by molar-refractivity contribution is 0.445. The Morgan fingerprint density at radius 1 is 0.889 bits per heavy atom. The van der Waals surface area contributed by atoms with Crippen molar-refractivity contribution in [2.24, 2.45) is 0 Å². The smallest absolute Gasteiger partial charge is 0.120 e. The summed E-state index contributed by atoms with van der Waals surface area (Å²) >= 11 is 0. The molecule has 0 spiro atoms. The van der Waals surface area contributed by atoms with Gasteiger partial charge in [-0.05, 0) is 12.1 Å². The van der Waals surface area contributed by atoms with Gasteiger partial charge in [-0.3, -0.25) is 0 Å². The first-order chi connectivity index (χ1) is 8.69. The molecular formula is C14H20N2O2. The van der Waals surface area contributed by atoms with Crippen LogP contribution < -0.4 is 10.6 Å². The quantitative estimate of drug-likeness (QED) is 0.321. The summed E-state index contributed by atoms with van der Waals surface area (Å²) in [4.78, 5) is 0. The van der Waals surface area contributed by atoms with Gasteiger partial charge < -0.3 is 20.8 Å². The summed E-state index contributed by atoms with van der Waals surface area (Å²) in [6, 6.07) is 3.16. The molecular weight excluding hydrogens is 228 g/mol. The van der Waals surface area contributed by atoms with Crippen LogP contribution in [0.4, 0.5) is 0 Å². The molecule has 0 radical (unpaired) electrons. The summed E-state index contributed by atoms with van der Waals surface area (Å²) in [5.41, 5.74) is 1.34. The maximum atomic E-state index is 9.85. The van der Waals surface area contributed by atoms with Crippen LogP contribution in [-0.4, -0.2) is 23.3 Å². The summed E-state index contributed by atoms with van der Waals surface area (Å²) in [5, 5.41) is 25.8. The van der Waals surface area contributed by atoms with Gasteiger partial charge in [-0.2, -0.15) is 0 Å². The highest BCUT2D eigenvalue weighted by Gasteiger charge is 2.07. The zero-order valence-electron chi connectivity index (χ0n) is 10.4. The fourth-order valence-electron chi connectivity index (χ4n) is 1.56. The van der Waals surface area contributed by atoms with E-state index in [1.54, 1.807) is 24.3 Å². The number of benzene rings is 1. The second-order valence-electron chi connectivity index (χ2n) is 3.95. The fraction of sp³-hybridized carbons (Fsp3) is 0.286. The molecule has 0 aliphatic rings. The Morgan fingerprint density at radius 2 is 1.28 bits per heavy atom. The van der Waals surface area contributed by atoms with E-state index < -0.39 is 0 Å². The van der Waals surface area contributed by atoms with Gasteiger partial charge in [0.15, 0.2) is 0 Å². The van der Waals surface area contributed by atoms with Gasteiger partial charge in [0.05, 0.1) is 0 Å². The van der Waals surface area contributed by atoms with Crippen molar-refractivity contribution in [3.05, 3.63) is 48.6 Å². The average Bonchev–Trinajstić information content (AvgIpc) is 2.35. The summed E-state index contributed by atoms with van der Waals surface area (Å²) < 4.78 is 0. The SMILES string of the molecule is C=CCNCc1cc(O)c(CNCC=C)cc1O. The van der Waals surface area contributed by atoms with Crippen molar-refractivity contribution in [3.63, 3.8) is 0 Å². The molecule has 0 amide bonds. The molecule has 4 heteroatoms. The molecule has 0 unspecified atom stereocenters. The zero-order valence-corrected chi connectivity index (χ0v) is 10.4. The standard InChI is InChI=1S/C14H20N2O2/c1-3-5-15-9-11-7-14(18)12(8-13(11)17)10-16-6-4-2/h3-4,7-8,15-18H,1-2,5-6,9-10H2. The molecule has 0 aliphatic heterocycles. The Hall–Kier alpha value is -1.78. The van der Waals surface area contributed by atoms with Gasteiger partial charge in [0.25, 0.3) is 0 Å². The van der Waals surface area contributed by atoms with Crippen LogP contribution in [-0.2, 0) is 13.1 Å². The molecule has 4 N–H and O–H groups in total. The van der Waals surface area contributed by atoms with E-state index in [9.17, 15) is 10.2 Å². The van der Waals surface area contributed by atoms with Gasteiger partial charge in [-0.15, -0.1) is 13.2 Å². The number of hydrogen-bond donors (Lipinski definition) is 4. The van der Waals surface area contributed by atoms with E-state index >= 15 is 0 Å². The van der Waals surface area contributed by atoms with Crippen molar-refractivity contribution in [2.45, 2.75) is 13.1 Å². The molecule has 0 aliphatic carbocycles. The van der Waals surface area contributed by atoms with E-state index in [0.717, 1.165) is 0 Å². The third-order valence-corrected chi connectivity index (χ3v) is 2.49.